The summed E-state index contributed by atoms with van der Waals surface area (Å²) in [5.74, 6) is -1.61. The maximum atomic E-state index is 13.1. The van der Waals surface area contributed by atoms with Crippen LogP contribution in [0.1, 0.15) is 60.4 Å². The van der Waals surface area contributed by atoms with Gasteiger partial charge in [-0.3, -0.25) is 14.2 Å². The van der Waals surface area contributed by atoms with E-state index in [2.05, 4.69) is 4.98 Å². The first kappa shape index (κ1) is 20.6. The minimum Gasteiger partial charge on any atom is -0.294 e. The number of hydrogen-bond donors (Lipinski definition) is 0. The molecule has 1 fully saturated rings. The highest BCUT2D eigenvalue weighted by atomic mass is 35.5. The Morgan fingerprint density at radius 1 is 1.14 bits per heavy atom. The molecule has 0 atom stereocenters. The van der Waals surface area contributed by atoms with Crippen LogP contribution < -0.4 is 5.56 Å². The molecule has 1 saturated carbocycles. The summed E-state index contributed by atoms with van der Waals surface area (Å²) in [6.45, 7) is 2.88. The molecule has 0 amide bonds. The first-order valence-corrected chi connectivity index (χ1v) is 9.44. The zero-order chi connectivity index (χ0) is 20.6. The number of aromatic nitrogens is 2. The Bertz CT molecular complexity index is 944. The monoisotopic (exact) mass is 412 g/mol. The Hall–Kier alpha value is -2.15. The number of rotatable bonds is 3. The number of nitrogens with zero attached hydrogens (tertiary/aromatic N) is 2. The van der Waals surface area contributed by atoms with Crippen molar-refractivity contribution in [1.82, 2.24) is 9.55 Å². The lowest BCUT2D eigenvalue weighted by Gasteiger charge is -2.31. The molecule has 1 heterocycles. The minimum absolute atomic E-state index is 0.00182. The zero-order valence-corrected chi connectivity index (χ0v) is 16.3. The molecule has 0 bridgehead atoms. The molecule has 1 aliphatic carbocycles. The highest BCUT2D eigenvalue weighted by Gasteiger charge is 2.42. The smallest absolute Gasteiger partial charge is 0.294 e. The number of carbonyl (C=O) groups is 1. The molecule has 4 nitrogen and oxygen atoms in total. The van der Waals surface area contributed by atoms with Gasteiger partial charge >= 0.3 is 6.18 Å². The topological polar surface area (TPSA) is 52.0 Å². The van der Waals surface area contributed by atoms with Gasteiger partial charge in [0, 0.05) is 10.9 Å². The van der Waals surface area contributed by atoms with Crippen molar-refractivity contribution in [3.63, 3.8) is 0 Å². The summed E-state index contributed by atoms with van der Waals surface area (Å²) < 4.78 is 40.4. The average Bonchev–Trinajstić information content (AvgIpc) is 2.61. The number of ketones is 1. The summed E-state index contributed by atoms with van der Waals surface area (Å²) >= 11 is 5.93. The van der Waals surface area contributed by atoms with E-state index in [0.717, 1.165) is 0 Å². The number of hydrogen-bond acceptors (Lipinski definition) is 3. The predicted octanol–water partition coefficient (Wildman–Crippen LogP) is 5.23. The van der Waals surface area contributed by atoms with Crippen LogP contribution in [0, 0.1) is 12.8 Å². The largest absolute Gasteiger partial charge is 0.391 e. The molecule has 3 rings (SSSR count). The van der Waals surface area contributed by atoms with E-state index in [1.807, 2.05) is 0 Å². The molecule has 1 aromatic heterocycles. The van der Waals surface area contributed by atoms with E-state index in [1.165, 1.54) is 11.5 Å². The zero-order valence-electron chi connectivity index (χ0n) is 15.5. The Morgan fingerprint density at radius 3 is 2.21 bits per heavy atom. The van der Waals surface area contributed by atoms with Crippen LogP contribution in [-0.4, -0.2) is 21.5 Å². The van der Waals surface area contributed by atoms with Gasteiger partial charge in [-0.1, -0.05) is 11.6 Å². The van der Waals surface area contributed by atoms with Crippen LogP contribution >= 0.6 is 11.6 Å². The maximum absolute atomic E-state index is 13.1. The van der Waals surface area contributed by atoms with E-state index in [1.54, 1.807) is 31.2 Å². The number of aryl methyl sites for hydroxylation is 1. The second kappa shape index (κ2) is 7.70. The van der Waals surface area contributed by atoms with Crippen molar-refractivity contribution < 1.29 is 18.0 Å². The predicted molar refractivity (Wildman–Crippen MR) is 100 cm³/mol. The fraction of sp³-hybridized carbons (Fsp3) is 0.450. The van der Waals surface area contributed by atoms with E-state index in [0.29, 0.717) is 22.2 Å². The highest BCUT2D eigenvalue weighted by molar-refractivity contribution is 6.30. The molecule has 1 aliphatic rings. The standard InChI is InChI=1S/C20H20ClF3N2O2/c1-11-17(12(2)27)19(28)26(16-9-7-15(21)8-10-16)18(25-11)13-3-5-14(6-4-13)20(22,23)24/h7-10,13-14H,3-6H2,1-2H3. The summed E-state index contributed by atoms with van der Waals surface area (Å²) in [5, 5.41) is 0.482. The molecule has 28 heavy (non-hydrogen) atoms. The fourth-order valence-corrected chi connectivity index (χ4v) is 3.97. The molecular weight excluding hydrogens is 393 g/mol. The third-order valence-electron chi connectivity index (χ3n) is 5.28. The second-order valence-electron chi connectivity index (χ2n) is 7.19. The van der Waals surface area contributed by atoms with Gasteiger partial charge in [-0.15, -0.1) is 0 Å². The van der Waals surface area contributed by atoms with Crippen molar-refractivity contribution in [3.8, 4) is 5.69 Å². The van der Waals surface area contributed by atoms with Crippen LogP contribution in [0.15, 0.2) is 29.1 Å². The van der Waals surface area contributed by atoms with Gasteiger partial charge in [-0.05, 0) is 63.8 Å². The quantitative estimate of drug-likeness (QED) is 0.648. The Labute approximate surface area is 165 Å². The fourth-order valence-electron chi connectivity index (χ4n) is 3.85. The SMILES string of the molecule is CC(=O)c1c(C)nc(C2CCC(C(F)(F)F)CC2)n(-c2ccc(Cl)cc2)c1=O. The first-order valence-electron chi connectivity index (χ1n) is 9.06. The van der Waals surface area contributed by atoms with Gasteiger partial charge < -0.3 is 0 Å². The average molecular weight is 413 g/mol. The van der Waals surface area contributed by atoms with E-state index in [4.69, 9.17) is 11.6 Å². The van der Waals surface area contributed by atoms with Gasteiger partial charge in [0.15, 0.2) is 5.78 Å². The van der Waals surface area contributed by atoms with Crippen molar-refractivity contribution in [2.24, 2.45) is 5.92 Å². The number of halogens is 4. The van der Waals surface area contributed by atoms with E-state index in [9.17, 15) is 22.8 Å². The molecule has 0 spiro atoms. The third kappa shape index (κ3) is 3.99. The normalized spacial score (nSPS) is 20.2. The molecule has 0 aliphatic heterocycles. The van der Waals surface area contributed by atoms with Crippen molar-refractivity contribution >= 4 is 17.4 Å². The van der Waals surface area contributed by atoms with Gasteiger partial charge in [0.2, 0.25) is 0 Å². The van der Waals surface area contributed by atoms with Crippen LogP contribution in [0.4, 0.5) is 13.2 Å². The summed E-state index contributed by atoms with van der Waals surface area (Å²) in [6, 6.07) is 6.49. The van der Waals surface area contributed by atoms with Crippen LogP contribution in [0.25, 0.3) is 5.69 Å². The summed E-state index contributed by atoms with van der Waals surface area (Å²) in [4.78, 5) is 29.6. The number of alkyl halides is 3. The van der Waals surface area contributed by atoms with E-state index >= 15 is 0 Å². The summed E-state index contributed by atoms with van der Waals surface area (Å²) in [6.07, 6.45) is -3.65. The van der Waals surface area contributed by atoms with Gasteiger partial charge in [0.1, 0.15) is 11.4 Å². The lowest BCUT2D eigenvalue weighted by molar-refractivity contribution is -0.182. The highest BCUT2D eigenvalue weighted by Crippen LogP contribution is 2.42. The van der Waals surface area contributed by atoms with Crippen LogP contribution in [0.3, 0.4) is 0 Å². The molecule has 0 N–H and O–H groups in total. The summed E-state index contributed by atoms with van der Waals surface area (Å²) in [5.41, 5.74) is 0.269. The molecule has 150 valence electrons. The van der Waals surface area contributed by atoms with Crippen molar-refractivity contribution in [2.45, 2.75) is 51.6 Å². The van der Waals surface area contributed by atoms with Crippen molar-refractivity contribution in [2.75, 3.05) is 0 Å². The van der Waals surface area contributed by atoms with E-state index in [-0.39, 0.29) is 37.2 Å². The lowest BCUT2D eigenvalue weighted by Crippen LogP contribution is -2.33. The van der Waals surface area contributed by atoms with Crippen molar-refractivity contribution in [1.29, 1.82) is 0 Å². The molecule has 0 radical (unpaired) electrons. The van der Waals surface area contributed by atoms with Crippen LogP contribution in [0.2, 0.25) is 5.02 Å². The van der Waals surface area contributed by atoms with E-state index < -0.39 is 23.4 Å². The minimum atomic E-state index is -4.21. The molecule has 2 aromatic rings. The molecular formula is C20H20ClF3N2O2. The van der Waals surface area contributed by atoms with Crippen molar-refractivity contribution in [3.05, 3.63) is 56.7 Å². The number of Topliss-reactive ketones (excluding diaryl/α,β-unsaturated/α-hetero) is 1. The number of benzene rings is 1. The van der Waals surface area contributed by atoms with Crippen LogP contribution in [-0.2, 0) is 0 Å². The van der Waals surface area contributed by atoms with Gasteiger partial charge in [-0.25, -0.2) is 4.98 Å². The number of carbonyl (C=O) groups excluding carboxylic acids is 1. The maximum Gasteiger partial charge on any atom is 0.391 e. The third-order valence-corrected chi connectivity index (χ3v) is 5.53. The Morgan fingerprint density at radius 2 is 1.71 bits per heavy atom. The Kier molecular flexibility index (Phi) is 5.66. The Balaban J connectivity index is 2.09. The first-order chi connectivity index (χ1) is 13.1. The molecule has 0 unspecified atom stereocenters. The lowest BCUT2D eigenvalue weighted by atomic mass is 9.81. The van der Waals surface area contributed by atoms with Gasteiger partial charge in [0.05, 0.1) is 17.3 Å². The molecule has 1 aromatic carbocycles. The molecule has 8 heteroatoms. The van der Waals surface area contributed by atoms with Gasteiger partial charge in [-0.2, -0.15) is 13.2 Å². The van der Waals surface area contributed by atoms with Gasteiger partial charge in [0.25, 0.3) is 5.56 Å². The summed E-state index contributed by atoms with van der Waals surface area (Å²) in [7, 11) is 0. The van der Waals surface area contributed by atoms with Crippen LogP contribution in [0.5, 0.6) is 0 Å². The molecule has 0 saturated heterocycles. The second-order valence-corrected chi connectivity index (χ2v) is 7.63.